The van der Waals surface area contributed by atoms with E-state index in [2.05, 4.69) is 291 Å². The molecule has 548 valence electrons. The van der Waals surface area contributed by atoms with E-state index in [1.54, 1.807) is 12.1 Å². The van der Waals surface area contributed by atoms with Gasteiger partial charge < -0.3 is 20.4 Å². The number of benzene rings is 18. The summed E-state index contributed by atoms with van der Waals surface area (Å²) in [6, 6.07) is 127. The van der Waals surface area contributed by atoms with Crippen molar-refractivity contribution in [3.05, 3.63) is 407 Å². The molecule has 0 amide bonds. The van der Waals surface area contributed by atoms with Crippen LogP contribution in [0.15, 0.2) is 375 Å². The summed E-state index contributed by atoms with van der Waals surface area (Å²) in [7, 11) is 0. The number of para-hydroxylation sites is 5. The van der Waals surface area contributed by atoms with Crippen LogP contribution in [0.5, 0.6) is 0 Å². The SMILES string of the molecule is Brc1cc2ccccc2c2ccccc12.Cl.NNc1ccccc1.O=C1CCc2ccccc2C1.O=[N+]([O-])c1ccccc1-c1cc2ccccc2c2ccccc12.c1ccc2c(c1)CCc1[nH]c3ccccc3c1-2.c1ccc2c(c1)[nH]c1c3ccccc3c3ccccc3c21.c1ccc2c(c1)ccc1[nH]c3ccccc3c12. The lowest BCUT2D eigenvalue weighted by atomic mass is 9.88. The smallest absolute Gasteiger partial charge is 0.277 e. The summed E-state index contributed by atoms with van der Waals surface area (Å²) in [6.45, 7) is 0. The van der Waals surface area contributed by atoms with Crippen LogP contribution >= 0.6 is 28.3 Å². The summed E-state index contributed by atoms with van der Waals surface area (Å²) < 4.78 is 1.16. The standard InChI is InChI=1S/C20H13NO2.C20H13N.C16H13N.C16H11N.C14H9Br.C10H10O.C6H8N2.ClH/c22-21(23)20-12-6-5-11-18(20)19-13-14-7-1-2-8-15(14)16-9-3-4-10-17(16)19;1-3-9-15-13(7-1)14-8-2-4-10-16(14)20-19(15)17-11-5-6-12-18(17)21-20;2*1-2-6-12-11(5-1)9-10-15-16(12)13-7-3-4-8-14(13)17-15;15-14-9-10-5-1-2-6-11(10)12-7-3-4-8-13(12)14;11-10-6-5-8-3-1-2-4-9(8)7-10;7-8-6-4-2-1-3-5-6;/h1-13H;1-12,21H;1-8,17H,9-10H2;1-10,17H;1-9H;1-4H,5-7H2;1-5,8H,7H2;1H. The number of aromatic nitrogens is 3. The molecular formula is C102H78BrClN6O3. The average molecular weight is 1550 g/mol. The average Bonchev–Trinajstić information content (AvgIpc) is 1.61. The molecule has 18 aromatic carbocycles. The number of nitrogen functional groups attached to an aromatic ring is 1. The molecule has 0 atom stereocenters. The number of carbonyl (C=O) groups excluding carboxylic acids is 1. The number of carbonyl (C=O) groups is 1. The van der Waals surface area contributed by atoms with Crippen LogP contribution in [0.25, 0.3) is 152 Å². The molecule has 3 heterocycles. The number of nitro groups is 1. The van der Waals surface area contributed by atoms with Gasteiger partial charge in [0, 0.05) is 94.7 Å². The zero-order valence-electron chi connectivity index (χ0n) is 61.8. The maximum Gasteiger partial charge on any atom is 0.277 e. The Bertz CT molecular complexity index is 7080. The van der Waals surface area contributed by atoms with Gasteiger partial charge in [-0.3, -0.25) is 20.8 Å². The molecular weight excluding hydrogens is 1470 g/mol. The number of nitrogens with zero attached hydrogens (tertiary/aromatic N) is 1. The molecule has 0 spiro atoms. The minimum Gasteiger partial charge on any atom is -0.358 e. The Morgan fingerprint density at radius 2 is 0.770 bits per heavy atom. The minimum atomic E-state index is -0.320. The molecule has 3 aromatic heterocycles. The lowest BCUT2D eigenvalue weighted by Gasteiger charge is -2.16. The van der Waals surface area contributed by atoms with Crippen LogP contribution in [0, 0.1) is 10.1 Å². The normalized spacial score (nSPS) is 11.8. The molecule has 23 rings (SSSR count). The van der Waals surface area contributed by atoms with Crippen LogP contribution in [0.1, 0.15) is 28.8 Å². The molecule has 113 heavy (non-hydrogen) atoms. The van der Waals surface area contributed by atoms with Crippen molar-refractivity contribution in [2.75, 3.05) is 5.43 Å². The predicted octanol–water partition coefficient (Wildman–Crippen LogP) is 27.5. The van der Waals surface area contributed by atoms with Crippen molar-refractivity contribution in [2.45, 2.75) is 32.1 Å². The number of H-pyrrole nitrogens is 3. The van der Waals surface area contributed by atoms with E-state index in [0.717, 1.165) is 63.0 Å². The molecule has 2 aliphatic rings. The first-order valence-electron chi connectivity index (χ1n) is 37.9. The summed E-state index contributed by atoms with van der Waals surface area (Å²) in [4.78, 5) is 32.7. The third-order valence-electron chi connectivity index (χ3n) is 21.5. The van der Waals surface area contributed by atoms with E-state index >= 15 is 0 Å². The second kappa shape index (κ2) is 33.4. The van der Waals surface area contributed by atoms with Crippen LogP contribution in [0.4, 0.5) is 11.4 Å². The van der Waals surface area contributed by atoms with E-state index in [0.29, 0.717) is 17.8 Å². The Morgan fingerprint density at radius 3 is 1.42 bits per heavy atom. The fraction of sp³-hybridized carbons (Fsp3) is 0.0490. The highest BCUT2D eigenvalue weighted by Crippen LogP contribution is 2.43. The molecule has 0 saturated carbocycles. The van der Waals surface area contributed by atoms with Gasteiger partial charge in [0.1, 0.15) is 5.78 Å². The summed E-state index contributed by atoms with van der Waals surface area (Å²) in [5.41, 5.74) is 19.5. The molecule has 11 heteroatoms. The van der Waals surface area contributed by atoms with E-state index in [1.807, 2.05) is 103 Å². The van der Waals surface area contributed by atoms with Crippen LogP contribution in [-0.2, 0) is 30.5 Å². The summed E-state index contributed by atoms with van der Waals surface area (Å²) >= 11 is 3.62. The third-order valence-corrected chi connectivity index (χ3v) is 22.2. The molecule has 2 aliphatic carbocycles. The lowest BCUT2D eigenvalue weighted by Crippen LogP contribution is -2.12. The molecule has 0 saturated heterocycles. The fourth-order valence-electron chi connectivity index (χ4n) is 16.3. The number of halogens is 2. The summed E-state index contributed by atoms with van der Waals surface area (Å²) in [5.74, 6) is 5.48. The Balaban J connectivity index is 0.000000101. The number of aryl methyl sites for hydroxylation is 3. The van der Waals surface area contributed by atoms with Crippen molar-refractivity contribution in [1.82, 2.24) is 15.0 Å². The number of nitro benzene ring substituents is 1. The monoisotopic (exact) mass is 1550 g/mol. The number of rotatable bonds is 3. The van der Waals surface area contributed by atoms with Crippen LogP contribution in [0.3, 0.4) is 0 Å². The Morgan fingerprint density at radius 1 is 0.327 bits per heavy atom. The van der Waals surface area contributed by atoms with Crippen molar-refractivity contribution in [3.63, 3.8) is 0 Å². The van der Waals surface area contributed by atoms with Crippen LogP contribution < -0.4 is 11.3 Å². The molecule has 9 nitrogen and oxygen atoms in total. The van der Waals surface area contributed by atoms with E-state index in [1.165, 1.54) is 142 Å². The van der Waals surface area contributed by atoms with Gasteiger partial charge in [-0.2, -0.15) is 0 Å². The van der Waals surface area contributed by atoms with Crippen molar-refractivity contribution >= 4 is 175 Å². The molecule has 21 aromatic rings. The van der Waals surface area contributed by atoms with Gasteiger partial charge in [0.2, 0.25) is 0 Å². The number of Topliss-reactive ketones (excluding diaryl/α,β-unsaturated/α-hetero) is 1. The molecule has 6 N–H and O–H groups in total. The van der Waals surface area contributed by atoms with E-state index < -0.39 is 0 Å². The van der Waals surface area contributed by atoms with Crippen molar-refractivity contribution in [3.8, 4) is 22.3 Å². The summed E-state index contributed by atoms with van der Waals surface area (Å²) in [6.07, 6.45) is 4.60. The van der Waals surface area contributed by atoms with Gasteiger partial charge in [-0.25, -0.2) is 0 Å². The lowest BCUT2D eigenvalue weighted by molar-refractivity contribution is -0.384. The molecule has 0 unspecified atom stereocenters. The van der Waals surface area contributed by atoms with Gasteiger partial charge in [-0.1, -0.05) is 325 Å². The van der Waals surface area contributed by atoms with Crippen molar-refractivity contribution in [1.29, 1.82) is 0 Å². The van der Waals surface area contributed by atoms with Crippen molar-refractivity contribution in [2.24, 2.45) is 5.84 Å². The molecule has 0 fully saturated rings. The topological polar surface area (TPSA) is 146 Å². The largest absolute Gasteiger partial charge is 0.358 e. The number of hydrazine groups is 1. The first-order chi connectivity index (χ1) is 55.2. The van der Waals surface area contributed by atoms with Gasteiger partial charge in [0.15, 0.2) is 0 Å². The number of fused-ring (bicyclic) bond motifs is 25. The van der Waals surface area contributed by atoms with E-state index in [9.17, 15) is 14.9 Å². The maximum absolute atomic E-state index is 11.4. The van der Waals surface area contributed by atoms with Gasteiger partial charge >= 0.3 is 0 Å². The van der Waals surface area contributed by atoms with E-state index in [4.69, 9.17) is 5.84 Å². The number of nitrogens with two attached hydrogens (primary N) is 1. The van der Waals surface area contributed by atoms with E-state index in [-0.39, 0.29) is 23.0 Å². The summed E-state index contributed by atoms with van der Waals surface area (Å²) in [5, 5.41) is 35.5. The highest BCUT2D eigenvalue weighted by molar-refractivity contribution is 9.10. The second-order valence-corrected chi connectivity index (χ2v) is 29.0. The minimum absolute atomic E-state index is 0. The zero-order chi connectivity index (χ0) is 75.9. The molecule has 0 radical (unpaired) electrons. The number of anilines is 1. The molecule has 0 bridgehead atoms. The van der Waals surface area contributed by atoms with Crippen molar-refractivity contribution < 1.29 is 9.72 Å². The van der Waals surface area contributed by atoms with Gasteiger partial charge in [0.05, 0.1) is 16.0 Å². The van der Waals surface area contributed by atoms with Gasteiger partial charge in [0.25, 0.3) is 5.69 Å². The zero-order valence-corrected chi connectivity index (χ0v) is 64.2. The predicted molar refractivity (Wildman–Crippen MR) is 483 cm³/mol. The fourth-order valence-corrected chi connectivity index (χ4v) is 16.9. The van der Waals surface area contributed by atoms with Crippen LogP contribution in [0.2, 0.25) is 0 Å². The Kier molecular flexibility index (Phi) is 21.8. The highest BCUT2D eigenvalue weighted by atomic mass is 79.9. The number of nitrogens with one attached hydrogen (secondary N) is 4. The molecule has 0 aliphatic heterocycles. The second-order valence-electron chi connectivity index (χ2n) is 28.2. The number of aromatic amines is 3. The Hall–Kier alpha value is -13.5. The van der Waals surface area contributed by atoms with Gasteiger partial charge in [-0.15, -0.1) is 12.4 Å². The Labute approximate surface area is 668 Å². The van der Waals surface area contributed by atoms with Crippen LogP contribution in [-0.4, -0.2) is 25.7 Å². The van der Waals surface area contributed by atoms with Gasteiger partial charge in [-0.05, 0) is 172 Å². The first-order valence-corrected chi connectivity index (χ1v) is 38.7. The maximum atomic E-state index is 11.4. The number of hydrogen-bond donors (Lipinski definition) is 5. The first kappa shape index (κ1) is 73.7. The quantitative estimate of drug-likeness (QED) is 0.0518. The highest BCUT2D eigenvalue weighted by Gasteiger charge is 2.22. The number of hydrogen-bond acceptors (Lipinski definition) is 5. The number of ketones is 1. The third kappa shape index (κ3) is 15.1.